The molecular formula is C13H12N4S. The van der Waals surface area contributed by atoms with Crippen LogP contribution in [0.5, 0.6) is 0 Å². The molecule has 0 fully saturated rings. The van der Waals surface area contributed by atoms with Crippen molar-refractivity contribution in [3.63, 3.8) is 0 Å². The number of aromatic nitrogens is 1. The second kappa shape index (κ2) is 5.43. The molecule has 90 valence electrons. The van der Waals surface area contributed by atoms with Crippen LogP contribution in [0.2, 0.25) is 0 Å². The summed E-state index contributed by atoms with van der Waals surface area (Å²) in [4.78, 5) is 10.3. The highest BCUT2D eigenvalue weighted by Gasteiger charge is 2.05. The Labute approximate surface area is 110 Å². The maximum atomic E-state index is 9.15. The van der Waals surface area contributed by atoms with Crippen molar-refractivity contribution in [2.45, 2.75) is 0 Å². The largest absolute Gasteiger partial charge is 0.369 e. The monoisotopic (exact) mass is 256 g/mol. The number of thiazole rings is 1. The van der Waals surface area contributed by atoms with Crippen LogP contribution in [0.3, 0.4) is 0 Å². The fraction of sp³-hybridized carbons (Fsp3) is 0.154. The van der Waals surface area contributed by atoms with Gasteiger partial charge in [-0.3, -0.25) is 0 Å². The Morgan fingerprint density at radius 3 is 2.89 bits per heavy atom. The van der Waals surface area contributed by atoms with Crippen molar-refractivity contribution >= 4 is 23.4 Å². The minimum absolute atomic E-state index is 0.556. The van der Waals surface area contributed by atoms with Crippen molar-refractivity contribution in [1.29, 1.82) is 5.26 Å². The molecule has 0 atom stereocenters. The molecule has 0 saturated carbocycles. The second-order valence-electron chi connectivity index (χ2n) is 3.89. The molecule has 0 aliphatic heterocycles. The van der Waals surface area contributed by atoms with Gasteiger partial charge in [0, 0.05) is 31.2 Å². The average molecular weight is 256 g/mol. The third kappa shape index (κ3) is 2.73. The molecule has 0 aliphatic rings. The van der Waals surface area contributed by atoms with Crippen molar-refractivity contribution in [3.8, 4) is 16.6 Å². The van der Waals surface area contributed by atoms with Crippen LogP contribution in [0, 0.1) is 11.3 Å². The molecule has 18 heavy (non-hydrogen) atoms. The SMILES string of the molecule is CN(C)C=Nc1ccc(-c2nccs2)cc1C#N. The molecule has 1 aromatic carbocycles. The molecule has 0 amide bonds. The van der Waals surface area contributed by atoms with E-state index in [0.717, 1.165) is 10.6 Å². The summed E-state index contributed by atoms with van der Waals surface area (Å²) < 4.78 is 0. The van der Waals surface area contributed by atoms with E-state index in [4.69, 9.17) is 5.26 Å². The lowest BCUT2D eigenvalue weighted by atomic mass is 10.1. The van der Waals surface area contributed by atoms with Gasteiger partial charge in [-0.1, -0.05) is 0 Å². The number of hydrogen-bond donors (Lipinski definition) is 0. The van der Waals surface area contributed by atoms with Gasteiger partial charge in [0.2, 0.25) is 0 Å². The minimum atomic E-state index is 0.556. The van der Waals surface area contributed by atoms with Crippen molar-refractivity contribution in [1.82, 2.24) is 9.88 Å². The first-order valence-electron chi connectivity index (χ1n) is 5.35. The quantitative estimate of drug-likeness (QED) is 0.626. The zero-order valence-electron chi connectivity index (χ0n) is 10.2. The molecule has 1 heterocycles. The molecule has 0 bridgehead atoms. The molecule has 0 N–H and O–H groups in total. The molecule has 0 saturated heterocycles. The van der Waals surface area contributed by atoms with Gasteiger partial charge in [-0.05, 0) is 18.2 Å². The summed E-state index contributed by atoms with van der Waals surface area (Å²) in [5, 5.41) is 12.0. The van der Waals surface area contributed by atoms with Crippen LogP contribution < -0.4 is 0 Å². The van der Waals surface area contributed by atoms with Crippen LogP contribution in [0.4, 0.5) is 5.69 Å². The predicted octanol–water partition coefficient (Wildman–Crippen LogP) is 2.90. The highest BCUT2D eigenvalue weighted by Crippen LogP contribution is 2.27. The average Bonchev–Trinajstić information content (AvgIpc) is 2.90. The van der Waals surface area contributed by atoms with Gasteiger partial charge >= 0.3 is 0 Å². The summed E-state index contributed by atoms with van der Waals surface area (Å²) in [7, 11) is 3.78. The number of hydrogen-bond acceptors (Lipinski definition) is 4. The number of benzene rings is 1. The maximum absolute atomic E-state index is 9.15. The lowest BCUT2D eigenvalue weighted by Gasteiger charge is -2.04. The molecule has 2 aromatic rings. The molecule has 0 aliphatic carbocycles. The van der Waals surface area contributed by atoms with Crippen molar-refractivity contribution in [2.24, 2.45) is 4.99 Å². The standard InChI is InChI=1S/C13H12N4S/c1-17(2)9-16-12-4-3-10(7-11(12)8-14)13-15-5-6-18-13/h3-7,9H,1-2H3. The van der Waals surface area contributed by atoms with Crippen LogP contribution in [0.15, 0.2) is 34.8 Å². The van der Waals surface area contributed by atoms with Crippen LogP contribution in [-0.2, 0) is 0 Å². The summed E-state index contributed by atoms with van der Waals surface area (Å²) in [6, 6.07) is 7.76. The van der Waals surface area contributed by atoms with Crippen LogP contribution in [-0.4, -0.2) is 30.3 Å². The summed E-state index contributed by atoms with van der Waals surface area (Å²) >= 11 is 1.55. The smallest absolute Gasteiger partial charge is 0.123 e. The summed E-state index contributed by atoms with van der Waals surface area (Å²) in [6.45, 7) is 0. The normalized spacial score (nSPS) is 10.5. The molecule has 4 nitrogen and oxygen atoms in total. The van der Waals surface area contributed by atoms with Crippen LogP contribution >= 0.6 is 11.3 Å². The first-order chi connectivity index (χ1) is 8.70. The van der Waals surface area contributed by atoms with E-state index in [1.54, 1.807) is 23.9 Å². The summed E-state index contributed by atoms with van der Waals surface area (Å²) in [5.41, 5.74) is 2.18. The summed E-state index contributed by atoms with van der Waals surface area (Å²) in [5.74, 6) is 0. The zero-order valence-corrected chi connectivity index (χ0v) is 11.0. The Morgan fingerprint density at radius 1 is 1.44 bits per heavy atom. The highest BCUT2D eigenvalue weighted by atomic mass is 32.1. The van der Waals surface area contributed by atoms with Crippen molar-refractivity contribution < 1.29 is 0 Å². The fourth-order valence-electron chi connectivity index (χ4n) is 1.41. The Balaban J connectivity index is 2.39. The van der Waals surface area contributed by atoms with Gasteiger partial charge in [0.05, 0.1) is 17.6 Å². The van der Waals surface area contributed by atoms with Crippen LogP contribution in [0.1, 0.15) is 5.56 Å². The Morgan fingerprint density at radius 2 is 2.28 bits per heavy atom. The van der Waals surface area contributed by atoms with E-state index < -0.39 is 0 Å². The van der Waals surface area contributed by atoms with E-state index in [2.05, 4.69) is 16.0 Å². The number of aliphatic imine (C=N–C) groups is 1. The Bertz CT molecular complexity index is 594. The van der Waals surface area contributed by atoms with E-state index >= 15 is 0 Å². The molecule has 0 radical (unpaired) electrons. The maximum Gasteiger partial charge on any atom is 0.123 e. The van der Waals surface area contributed by atoms with E-state index in [1.807, 2.05) is 42.6 Å². The van der Waals surface area contributed by atoms with Crippen LogP contribution in [0.25, 0.3) is 10.6 Å². The lowest BCUT2D eigenvalue weighted by Crippen LogP contribution is -2.07. The molecular weight excluding hydrogens is 244 g/mol. The first kappa shape index (κ1) is 12.3. The van der Waals surface area contributed by atoms with E-state index in [-0.39, 0.29) is 0 Å². The minimum Gasteiger partial charge on any atom is -0.369 e. The van der Waals surface area contributed by atoms with Crippen molar-refractivity contribution in [3.05, 3.63) is 35.3 Å². The van der Waals surface area contributed by atoms with Gasteiger partial charge in [-0.25, -0.2) is 9.98 Å². The molecule has 1 aromatic heterocycles. The van der Waals surface area contributed by atoms with E-state index in [9.17, 15) is 0 Å². The van der Waals surface area contributed by atoms with Gasteiger partial charge in [-0.15, -0.1) is 11.3 Å². The first-order valence-corrected chi connectivity index (χ1v) is 6.23. The van der Waals surface area contributed by atoms with Gasteiger partial charge in [-0.2, -0.15) is 5.26 Å². The van der Waals surface area contributed by atoms with Gasteiger partial charge in [0.25, 0.3) is 0 Å². The van der Waals surface area contributed by atoms with Crippen molar-refractivity contribution in [2.75, 3.05) is 14.1 Å². The molecule has 2 rings (SSSR count). The fourth-order valence-corrected chi connectivity index (χ4v) is 2.05. The van der Waals surface area contributed by atoms with E-state index in [1.165, 1.54) is 0 Å². The Kier molecular flexibility index (Phi) is 3.70. The predicted molar refractivity (Wildman–Crippen MR) is 74.1 cm³/mol. The third-order valence-electron chi connectivity index (χ3n) is 2.22. The zero-order chi connectivity index (χ0) is 13.0. The van der Waals surface area contributed by atoms with Gasteiger partial charge < -0.3 is 4.90 Å². The topological polar surface area (TPSA) is 52.3 Å². The summed E-state index contributed by atoms with van der Waals surface area (Å²) in [6.07, 6.45) is 3.43. The highest BCUT2D eigenvalue weighted by molar-refractivity contribution is 7.13. The van der Waals surface area contributed by atoms with Gasteiger partial charge in [0.1, 0.15) is 11.1 Å². The molecule has 0 spiro atoms. The van der Waals surface area contributed by atoms with E-state index in [0.29, 0.717) is 11.3 Å². The Hall–Kier alpha value is -2.19. The molecule has 5 heteroatoms. The third-order valence-corrected chi connectivity index (χ3v) is 3.05. The second-order valence-corrected chi connectivity index (χ2v) is 4.78. The van der Waals surface area contributed by atoms with Gasteiger partial charge in [0.15, 0.2) is 0 Å². The lowest BCUT2D eigenvalue weighted by molar-refractivity contribution is 0.643. The number of rotatable bonds is 3. The number of nitrogens with zero attached hydrogens (tertiary/aromatic N) is 4. The number of nitriles is 1. The molecule has 0 unspecified atom stereocenters.